The van der Waals surface area contributed by atoms with Crippen LogP contribution in [0.5, 0.6) is 0 Å². The highest BCUT2D eigenvalue weighted by atomic mass is 35.5. The molecule has 36 valence electrons. The third-order valence-electron chi connectivity index (χ3n) is 0.338. The topological polar surface area (TPSA) is 0 Å². The van der Waals surface area contributed by atoms with E-state index >= 15 is 0 Å². The fourth-order valence-electron chi connectivity index (χ4n) is 0.100. The Morgan fingerprint density at radius 2 is 2.17 bits per heavy atom. The average molecular weight is 125 g/mol. The molecule has 0 amide bonds. The maximum atomic E-state index is 5.41. The summed E-state index contributed by atoms with van der Waals surface area (Å²) in [5, 5.41) is 0.0579. The molecule has 0 saturated heterocycles. The van der Waals surface area contributed by atoms with Gasteiger partial charge in [0.05, 0.1) is 0 Å². The van der Waals surface area contributed by atoms with Crippen LogP contribution in [-0.2, 0) is 0 Å². The predicted octanol–water partition coefficient (Wildman–Crippen LogP) is 2.37. The van der Waals surface area contributed by atoms with Crippen molar-refractivity contribution < 1.29 is 0 Å². The van der Waals surface area contributed by atoms with Crippen molar-refractivity contribution in [3.63, 3.8) is 0 Å². The normalized spacial score (nSPS) is 15.8. The first-order valence-corrected chi connectivity index (χ1v) is 2.55. The molecule has 1 atom stereocenters. The van der Waals surface area contributed by atoms with Crippen molar-refractivity contribution in [2.45, 2.75) is 12.3 Å². The first kappa shape index (κ1) is 6.32. The molecule has 0 bridgehead atoms. The van der Waals surface area contributed by atoms with Gasteiger partial charge in [0.2, 0.25) is 0 Å². The summed E-state index contributed by atoms with van der Waals surface area (Å²) in [6.45, 7) is 1.85. The van der Waals surface area contributed by atoms with Gasteiger partial charge in [-0.2, -0.15) is 0 Å². The van der Waals surface area contributed by atoms with E-state index in [2.05, 4.69) is 0 Å². The monoisotopic (exact) mass is 124 g/mol. The van der Waals surface area contributed by atoms with Crippen molar-refractivity contribution >= 4 is 23.2 Å². The van der Waals surface area contributed by atoms with E-state index in [1.54, 1.807) is 6.08 Å². The van der Waals surface area contributed by atoms with E-state index in [-0.39, 0.29) is 5.38 Å². The van der Waals surface area contributed by atoms with Crippen molar-refractivity contribution in [2.24, 2.45) is 0 Å². The molecule has 0 fully saturated rings. The van der Waals surface area contributed by atoms with Crippen molar-refractivity contribution in [3.05, 3.63) is 11.6 Å². The molecule has 0 aliphatic carbocycles. The quantitative estimate of drug-likeness (QED) is 0.472. The fraction of sp³-hybridized carbons (Fsp3) is 0.500. The zero-order valence-corrected chi connectivity index (χ0v) is 5.00. The molecule has 1 unspecified atom stereocenters. The lowest BCUT2D eigenvalue weighted by Crippen LogP contribution is -1.76. The zero-order valence-electron chi connectivity index (χ0n) is 3.49. The van der Waals surface area contributed by atoms with Gasteiger partial charge < -0.3 is 0 Å². The Bertz CT molecular complexity index is 47.5. The number of rotatable bonds is 1. The second kappa shape index (κ2) is 3.51. The van der Waals surface area contributed by atoms with Gasteiger partial charge in [-0.1, -0.05) is 17.7 Å². The summed E-state index contributed by atoms with van der Waals surface area (Å²) < 4.78 is 0. The van der Waals surface area contributed by atoms with E-state index in [9.17, 15) is 0 Å². The highest BCUT2D eigenvalue weighted by Crippen LogP contribution is 1.94. The fourth-order valence-corrected chi connectivity index (χ4v) is 0.466. The van der Waals surface area contributed by atoms with Crippen LogP contribution in [0.1, 0.15) is 6.92 Å². The van der Waals surface area contributed by atoms with Gasteiger partial charge in [0, 0.05) is 10.9 Å². The second-order valence-corrected chi connectivity index (χ2v) is 1.94. The number of allylic oxidation sites excluding steroid dienone is 1. The average Bonchev–Trinajstić information content (AvgIpc) is 1.35. The summed E-state index contributed by atoms with van der Waals surface area (Å²) in [4.78, 5) is 0. The minimum Gasteiger partial charge on any atom is -0.119 e. The molecule has 0 nitrogen and oxygen atoms in total. The Morgan fingerprint density at radius 3 is 2.17 bits per heavy atom. The Morgan fingerprint density at radius 1 is 1.67 bits per heavy atom. The zero-order chi connectivity index (χ0) is 4.99. The Hall–Kier alpha value is 0.320. The van der Waals surface area contributed by atoms with Crippen LogP contribution in [0.4, 0.5) is 0 Å². The summed E-state index contributed by atoms with van der Waals surface area (Å²) in [6.07, 6.45) is 1.70. The predicted molar refractivity (Wildman–Crippen MR) is 30.3 cm³/mol. The van der Waals surface area contributed by atoms with Gasteiger partial charge in [-0.25, -0.2) is 0 Å². The van der Waals surface area contributed by atoms with Crippen LogP contribution in [0.15, 0.2) is 11.6 Å². The maximum Gasteiger partial charge on any atom is 0.0499 e. The van der Waals surface area contributed by atoms with Gasteiger partial charge in [0.25, 0.3) is 0 Å². The van der Waals surface area contributed by atoms with Crippen molar-refractivity contribution in [1.82, 2.24) is 0 Å². The molecule has 0 aliphatic heterocycles. The van der Waals surface area contributed by atoms with Crippen LogP contribution < -0.4 is 0 Å². The van der Waals surface area contributed by atoms with Crippen LogP contribution >= 0.6 is 23.2 Å². The third-order valence-corrected chi connectivity index (χ3v) is 0.629. The first-order chi connectivity index (χ1) is 2.77. The molecule has 0 aromatic rings. The highest BCUT2D eigenvalue weighted by Gasteiger charge is 1.80. The SMILES string of the molecule is CC(Cl)/C=C\Cl. The maximum absolute atomic E-state index is 5.41. The van der Waals surface area contributed by atoms with E-state index < -0.39 is 0 Å². The first-order valence-electron chi connectivity index (χ1n) is 1.68. The van der Waals surface area contributed by atoms with Crippen LogP contribution in [0.2, 0.25) is 0 Å². The number of hydrogen-bond acceptors (Lipinski definition) is 0. The van der Waals surface area contributed by atoms with Gasteiger partial charge in [-0.3, -0.25) is 0 Å². The van der Waals surface area contributed by atoms with Crippen molar-refractivity contribution in [1.29, 1.82) is 0 Å². The lowest BCUT2D eigenvalue weighted by molar-refractivity contribution is 1.24. The molecule has 2 heteroatoms. The van der Waals surface area contributed by atoms with Crippen LogP contribution in [0.3, 0.4) is 0 Å². The number of halogens is 2. The Labute approximate surface area is 47.8 Å². The van der Waals surface area contributed by atoms with Gasteiger partial charge in [-0.05, 0) is 6.92 Å². The molecule has 0 N–H and O–H groups in total. The minimum absolute atomic E-state index is 0.0579. The lowest BCUT2D eigenvalue weighted by atomic mass is 10.5. The summed E-state index contributed by atoms with van der Waals surface area (Å²) in [7, 11) is 0. The van der Waals surface area contributed by atoms with E-state index in [1.807, 2.05) is 6.92 Å². The second-order valence-electron chi connectivity index (χ2n) is 0.996. The number of hydrogen-bond donors (Lipinski definition) is 0. The lowest BCUT2D eigenvalue weighted by Gasteiger charge is -1.83. The van der Waals surface area contributed by atoms with Gasteiger partial charge in [-0.15, -0.1) is 11.6 Å². The van der Waals surface area contributed by atoms with Crippen molar-refractivity contribution in [2.75, 3.05) is 0 Å². The third kappa shape index (κ3) is 4.32. The van der Waals surface area contributed by atoms with E-state index in [0.717, 1.165) is 0 Å². The molecule has 0 aromatic carbocycles. The molecule has 0 radical (unpaired) electrons. The summed E-state index contributed by atoms with van der Waals surface area (Å²) in [5.74, 6) is 0. The molecule has 0 aliphatic rings. The van der Waals surface area contributed by atoms with Crippen LogP contribution in [0.25, 0.3) is 0 Å². The summed E-state index contributed by atoms with van der Waals surface area (Å²) >= 11 is 10.5. The highest BCUT2D eigenvalue weighted by molar-refractivity contribution is 6.27. The van der Waals surface area contributed by atoms with Crippen LogP contribution in [-0.4, -0.2) is 5.38 Å². The largest absolute Gasteiger partial charge is 0.119 e. The molecule has 6 heavy (non-hydrogen) atoms. The van der Waals surface area contributed by atoms with E-state index in [1.165, 1.54) is 5.54 Å². The molecule has 0 heterocycles. The molecular weight excluding hydrogens is 119 g/mol. The van der Waals surface area contributed by atoms with E-state index in [4.69, 9.17) is 23.2 Å². The van der Waals surface area contributed by atoms with Crippen LogP contribution in [0, 0.1) is 0 Å². The smallest absolute Gasteiger partial charge is 0.0499 e. The summed E-state index contributed by atoms with van der Waals surface area (Å²) in [6, 6.07) is 0. The molecule has 0 saturated carbocycles. The molecular formula is C4H6Cl2. The van der Waals surface area contributed by atoms with Gasteiger partial charge in [0.1, 0.15) is 0 Å². The number of alkyl halides is 1. The summed E-state index contributed by atoms with van der Waals surface area (Å²) in [5.41, 5.74) is 1.41. The Kier molecular flexibility index (Phi) is 3.70. The Balaban J connectivity index is 3.03. The van der Waals surface area contributed by atoms with E-state index in [0.29, 0.717) is 0 Å². The molecule has 0 rings (SSSR count). The molecule has 0 spiro atoms. The molecule has 0 aromatic heterocycles. The standard InChI is InChI=1S/C4H6Cl2/c1-4(6)2-3-5/h2-4H,1H3/b3-2-. The van der Waals surface area contributed by atoms with Crippen molar-refractivity contribution in [3.8, 4) is 0 Å². The minimum atomic E-state index is 0.0579. The van der Waals surface area contributed by atoms with Gasteiger partial charge >= 0.3 is 0 Å². The van der Waals surface area contributed by atoms with Gasteiger partial charge in [0.15, 0.2) is 0 Å².